The number of ether oxygens (including phenoxy) is 2. The fourth-order valence-electron chi connectivity index (χ4n) is 3.62. The van der Waals surface area contributed by atoms with Crippen molar-refractivity contribution >= 4 is 56.4 Å². The first kappa shape index (κ1) is 24.5. The quantitative estimate of drug-likeness (QED) is 0.452. The highest BCUT2D eigenvalue weighted by atomic mass is 35.5. The predicted molar refractivity (Wildman–Crippen MR) is 132 cm³/mol. The second-order valence-corrected chi connectivity index (χ2v) is 10.7. The molecule has 1 aliphatic rings. The van der Waals surface area contributed by atoms with Crippen molar-refractivity contribution in [2.24, 2.45) is 5.73 Å². The van der Waals surface area contributed by atoms with E-state index in [0.717, 1.165) is 4.31 Å². The average molecular weight is 542 g/mol. The van der Waals surface area contributed by atoms with Gasteiger partial charge in [0.2, 0.25) is 12.2 Å². The van der Waals surface area contributed by atoms with Gasteiger partial charge in [-0.3, -0.25) is 9.10 Å². The van der Waals surface area contributed by atoms with Gasteiger partial charge in [-0.2, -0.15) is 0 Å². The van der Waals surface area contributed by atoms with E-state index in [1.165, 1.54) is 30.3 Å². The zero-order valence-electron chi connectivity index (χ0n) is 17.8. The number of anilines is 1. The third kappa shape index (κ3) is 4.90. The molecule has 178 valence electrons. The summed E-state index contributed by atoms with van der Waals surface area (Å²) in [6.07, 6.45) is -0.379. The maximum absolute atomic E-state index is 13.7. The van der Waals surface area contributed by atoms with Crippen LogP contribution in [-0.4, -0.2) is 27.2 Å². The lowest BCUT2D eigenvalue weighted by Crippen LogP contribution is -2.39. The van der Waals surface area contributed by atoms with Gasteiger partial charge in [-0.25, -0.2) is 8.42 Å². The predicted octanol–water partition coefficient (Wildman–Crippen LogP) is 5.04. The van der Waals surface area contributed by atoms with Gasteiger partial charge in [-0.1, -0.05) is 40.9 Å². The molecule has 0 bridgehead atoms. The molecule has 11 heteroatoms. The Labute approximate surface area is 212 Å². The molecule has 1 aliphatic heterocycles. The van der Waals surface area contributed by atoms with Crippen LogP contribution in [0.15, 0.2) is 59.5 Å². The van der Waals surface area contributed by atoms with Gasteiger partial charge in [0, 0.05) is 34.5 Å². The number of nitrogens with two attached hydrogens (primary N) is 1. The molecule has 3 aromatic rings. The summed E-state index contributed by atoms with van der Waals surface area (Å²) in [7, 11) is -4.25. The highest BCUT2D eigenvalue weighted by molar-refractivity contribution is 7.92. The van der Waals surface area contributed by atoms with Crippen LogP contribution in [0.5, 0.6) is 11.5 Å². The molecule has 1 unspecified atom stereocenters. The van der Waals surface area contributed by atoms with Crippen LogP contribution in [-0.2, 0) is 21.2 Å². The van der Waals surface area contributed by atoms with Crippen LogP contribution in [0.4, 0.5) is 5.69 Å². The second kappa shape index (κ2) is 9.54. The molecular formula is C23H19Cl3N2O5S. The molecule has 3 aromatic carbocycles. The molecule has 0 aromatic heterocycles. The van der Waals surface area contributed by atoms with Crippen molar-refractivity contribution in [2.45, 2.75) is 24.5 Å². The molecule has 0 spiro atoms. The molecule has 1 amide bonds. The lowest BCUT2D eigenvalue weighted by Gasteiger charge is -2.26. The molecule has 4 rings (SSSR count). The molecule has 34 heavy (non-hydrogen) atoms. The molecule has 0 saturated heterocycles. The van der Waals surface area contributed by atoms with E-state index < -0.39 is 28.8 Å². The number of hydrogen-bond donors (Lipinski definition) is 1. The number of carbonyl (C=O) groups excluding carboxylic acids is 1. The molecule has 1 atom stereocenters. The van der Waals surface area contributed by atoms with E-state index in [9.17, 15) is 13.2 Å². The first-order valence-corrected chi connectivity index (χ1v) is 12.6. The number of amides is 1. The number of sulfonamides is 1. The summed E-state index contributed by atoms with van der Waals surface area (Å²) >= 11 is 18.9. The highest BCUT2D eigenvalue weighted by Crippen LogP contribution is 2.39. The normalized spacial score (nSPS) is 14.8. The molecule has 0 saturated carbocycles. The van der Waals surface area contributed by atoms with Gasteiger partial charge < -0.3 is 15.2 Å². The summed E-state index contributed by atoms with van der Waals surface area (Å²) in [5, 5.41) is 1.19. The van der Waals surface area contributed by atoms with E-state index in [1.807, 2.05) is 0 Å². The number of halogens is 3. The molecule has 0 aliphatic carbocycles. The van der Waals surface area contributed by atoms with Gasteiger partial charge in [-0.05, 0) is 53.6 Å². The Morgan fingerprint density at radius 2 is 1.68 bits per heavy atom. The van der Waals surface area contributed by atoms with Crippen molar-refractivity contribution in [3.05, 3.63) is 80.8 Å². The molecule has 1 heterocycles. The third-order valence-corrected chi connectivity index (χ3v) is 7.83. The monoisotopic (exact) mass is 540 g/mol. The van der Waals surface area contributed by atoms with Crippen molar-refractivity contribution in [3.8, 4) is 11.5 Å². The zero-order valence-corrected chi connectivity index (χ0v) is 20.9. The number of rotatable bonds is 7. The summed E-state index contributed by atoms with van der Waals surface area (Å²) < 4.78 is 39.3. The van der Waals surface area contributed by atoms with E-state index in [1.54, 1.807) is 31.2 Å². The van der Waals surface area contributed by atoms with Crippen LogP contribution in [0.2, 0.25) is 15.1 Å². The van der Waals surface area contributed by atoms with E-state index in [4.69, 9.17) is 50.0 Å². The van der Waals surface area contributed by atoms with Crippen molar-refractivity contribution in [2.75, 3.05) is 10.8 Å². The van der Waals surface area contributed by atoms with E-state index in [0.29, 0.717) is 31.9 Å². The minimum Gasteiger partial charge on any atom is -0.451 e. The topological polar surface area (TPSA) is 98.9 Å². The van der Waals surface area contributed by atoms with Crippen molar-refractivity contribution in [1.29, 1.82) is 0 Å². The average Bonchev–Trinajstić information content (AvgIpc) is 3.14. The Kier molecular flexibility index (Phi) is 6.87. The second-order valence-electron chi connectivity index (χ2n) is 7.54. The van der Waals surface area contributed by atoms with Gasteiger partial charge in [-0.15, -0.1) is 0 Å². The molecular weight excluding hydrogens is 523 g/mol. The van der Waals surface area contributed by atoms with Crippen LogP contribution < -0.4 is 19.5 Å². The van der Waals surface area contributed by atoms with Gasteiger partial charge in [0.25, 0.3) is 10.0 Å². The minimum atomic E-state index is -4.25. The standard InChI is InChI=1S/C23H19Cl3N2O5S/c1-13-32-21-8-6-16(11-22(21)33-13)34(30,31)28(12-23(27)29)20-7-5-15(24)9-14(20)10-17-18(25)3-2-4-19(17)26/h2-9,11,13H,10,12H2,1H3,(H2,27,29). The number of primary amides is 1. The lowest BCUT2D eigenvalue weighted by atomic mass is 10.0. The first-order valence-electron chi connectivity index (χ1n) is 10.1. The summed E-state index contributed by atoms with van der Waals surface area (Å²) in [6.45, 7) is 1.09. The van der Waals surface area contributed by atoms with E-state index in [-0.39, 0.29) is 22.8 Å². The van der Waals surface area contributed by atoms with E-state index in [2.05, 4.69) is 0 Å². The fraction of sp³-hybridized carbons (Fsp3) is 0.174. The molecule has 0 fully saturated rings. The highest BCUT2D eigenvalue weighted by Gasteiger charge is 2.31. The van der Waals surface area contributed by atoms with Gasteiger partial charge in [0.05, 0.1) is 10.6 Å². The van der Waals surface area contributed by atoms with Crippen molar-refractivity contribution in [1.82, 2.24) is 0 Å². The Morgan fingerprint density at radius 1 is 1.00 bits per heavy atom. The van der Waals surface area contributed by atoms with Crippen molar-refractivity contribution < 1.29 is 22.7 Å². The molecule has 7 nitrogen and oxygen atoms in total. The summed E-state index contributed by atoms with van der Waals surface area (Å²) in [4.78, 5) is 11.8. The van der Waals surface area contributed by atoms with Crippen LogP contribution in [0.1, 0.15) is 18.1 Å². The maximum Gasteiger partial charge on any atom is 0.264 e. The van der Waals surface area contributed by atoms with Gasteiger partial charge >= 0.3 is 0 Å². The van der Waals surface area contributed by atoms with Crippen LogP contribution >= 0.6 is 34.8 Å². The SMILES string of the molecule is CC1Oc2ccc(S(=O)(=O)N(CC(N)=O)c3ccc(Cl)cc3Cc3c(Cl)cccc3Cl)cc2O1. The summed E-state index contributed by atoms with van der Waals surface area (Å²) in [5.74, 6) is -0.130. The zero-order chi connectivity index (χ0) is 24.6. The Bertz CT molecular complexity index is 1360. The van der Waals surface area contributed by atoms with E-state index >= 15 is 0 Å². The third-order valence-electron chi connectivity index (χ3n) is 5.13. The lowest BCUT2D eigenvalue weighted by molar-refractivity contribution is -0.116. The smallest absolute Gasteiger partial charge is 0.264 e. The Morgan fingerprint density at radius 3 is 2.35 bits per heavy atom. The van der Waals surface area contributed by atoms with Crippen LogP contribution in [0, 0.1) is 0 Å². The molecule has 2 N–H and O–H groups in total. The van der Waals surface area contributed by atoms with Crippen LogP contribution in [0.3, 0.4) is 0 Å². The largest absolute Gasteiger partial charge is 0.451 e. The van der Waals surface area contributed by atoms with Crippen molar-refractivity contribution in [3.63, 3.8) is 0 Å². The molecule has 0 radical (unpaired) electrons. The first-order chi connectivity index (χ1) is 16.1. The number of carbonyl (C=O) groups is 1. The van der Waals surface area contributed by atoms with Gasteiger partial charge in [0.15, 0.2) is 11.5 Å². The minimum absolute atomic E-state index is 0.0955. The van der Waals surface area contributed by atoms with Crippen LogP contribution in [0.25, 0.3) is 0 Å². The number of nitrogens with zero attached hydrogens (tertiary/aromatic N) is 1. The number of fused-ring (bicyclic) bond motifs is 1. The van der Waals surface area contributed by atoms with Gasteiger partial charge in [0.1, 0.15) is 6.54 Å². The summed E-state index contributed by atoms with van der Waals surface area (Å²) in [5.41, 5.74) is 6.72. The fourth-order valence-corrected chi connectivity index (χ4v) is 5.83. The Balaban J connectivity index is 1.82. The Hall–Kier alpha value is -2.65. The summed E-state index contributed by atoms with van der Waals surface area (Å²) in [6, 6.07) is 13.9. The number of hydrogen-bond acceptors (Lipinski definition) is 5. The maximum atomic E-state index is 13.7. The number of benzene rings is 3.